The molecule has 3 aromatic carbocycles. The molecular formula is C32H33N3O5. The molecule has 1 saturated heterocycles. The monoisotopic (exact) mass is 539 g/mol. The highest BCUT2D eigenvalue weighted by molar-refractivity contribution is 6.16. The number of para-hydroxylation sites is 1. The number of carbonyl (C=O) groups is 3. The Morgan fingerprint density at radius 3 is 2.52 bits per heavy atom. The minimum absolute atomic E-state index is 0.0617. The molecule has 1 fully saturated rings. The minimum Gasteiger partial charge on any atom is -0.493 e. The third-order valence-electron chi connectivity index (χ3n) is 6.49. The molecule has 3 aromatic rings. The Hall–Kier alpha value is -4.85. The molecule has 0 aromatic heterocycles. The van der Waals surface area contributed by atoms with Crippen LogP contribution in [0.25, 0.3) is 6.08 Å². The fourth-order valence-corrected chi connectivity index (χ4v) is 4.40. The summed E-state index contributed by atoms with van der Waals surface area (Å²) in [4.78, 5) is 39.2. The van der Waals surface area contributed by atoms with Crippen molar-refractivity contribution in [2.45, 2.75) is 33.3 Å². The van der Waals surface area contributed by atoms with Crippen molar-refractivity contribution in [3.05, 3.63) is 107 Å². The van der Waals surface area contributed by atoms with E-state index in [1.807, 2.05) is 62.4 Å². The molecule has 0 radical (unpaired) electrons. The van der Waals surface area contributed by atoms with Crippen molar-refractivity contribution in [2.75, 3.05) is 19.0 Å². The third-order valence-corrected chi connectivity index (χ3v) is 6.49. The number of hydrogen-bond acceptors (Lipinski definition) is 5. The second kappa shape index (κ2) is 12.8. The predicted molar refractivity (Wildman–Crippen MR) is 155 cm³/mol. The van der Waals surface area contributed by atoms with Gasteiger partial charge in [-0.2, -0.15) is 0 Å². The lowest BCUT2D eigenvalue weighted by atomic mass is 10.0. The van der Waals surface area contributed by atoms with Crippen LogP contribution in [0.3, 0.4) is 0 Å². The van der Waals surface area contributed by atoms with E-state index in [0.29, 0.717) is 35.8 Å². The molecule has 4 amide bonds. The van der Waals surface area contributed by atoms with E-state index in [0.717, 1.165) is 28.0 Å². The van der Waals surface area contributed by atoms with Gasteiger partial charge in [-0.25, -0.2) is 9.69 Å². The summed E-state index contributed by atoms with van der Waals surface area (Å²) < 4.78 is 11.8. The summed E-state index contributed by atoms with van der Waals surface area (Å²) >= 11 is 0. The average molecular weight is 540 g/mol. The lowest BCUT2D eigenvalue weighted by Gasteiger charge is -2.16. The van der Waals surface area contributed by atoms with Gasteiger partial charge in [0.1, 0.15) is 18.8 Å². The number of aryl methyl sites for hydroxylation is 2. The Morgan fingerprint density at radius 1 is 1.07 bits per heavy atom. The average Bonchev–Trinajstić information content (AvgIpc) is 3.20. The zero-order valence-electron chi connectivity index (χ0n) is 23.0. The van der Waals surface area contributed by atoms with Gasteiger partial charge in [0.15, 0.2) is 11.5 Å². The molecule has 0 saturated carbocycles. The van der Waals surface area contributed by atoms with E-state index in [4.69, 9.17) is 9.47 Å². The maximum Gasteiger partial charge on any atom is 0.329 e. The van der Waals surface area contributed by atoms with E-state index < -0.39 is 24.4 Å². The number of methoxy groups -OCH3 is 1. The van der Waals surface area contributed by atoms with Crippen LogP contribution >= 0.6 is 0 Å². The molecule has 1 aliphatic rings. The van der Waals surface area contributed by atoms with Crippen LogP contribution in [-0.2, 0) is 29.0 Å². The highest BCUT2D eigenvalue weighted by atomic mass is 16.5. The summed E-state index contributed by atoms with van der Waals surface area (Å²) in [6, 6.07) is 18.4. The first-order chi connectivity index (χ1) is 19.3. The Balaban J connectivity index is 1.52. The number of hydrogen-bond donors (Lipinski definition) is 2. The molecule has 8 heteroatoms. The number of urea groups is 1. The van der Waals surface area contributed by atoms with E-state index in [-0.39, 0.29) is 5.70 Å². The lowest BCUT2D eigenvalue weighted by molar-refractivity contribution is -0.127. The first-order valence-electron chi connectivity index (χ1n) is 13.0. The van der Waals surface area contributed by atoms with Crippen molar-refractivity contribution in [3.63, 3.8) is 0 Å². The first-order valence-corrected chi connectivity index (χ1v) is 13.0. The Bertz CT molecular complexity index is 1460. The maximum absolute atomic E-state index is 13.1. The van der Waals surface area contributed by atoms with Crippen LogP contribution in [0.4, 0.5) is 10.5 Å². The highest BCUT2D eigenvalue weighted by Crippen LogP contribution is 2.35. The van der Waals surface area contributed by atoms with Gasteiger partial charge >= 0.3 is 6.03 Å². The van der Waals surface area contributed by atoms with E-state index in [1.165, 1.54) is 5.56 Å². The van der Waals surface area contributed by atoms with Gasteiger partial charge in [0, 0.05) is 11.3 Å². The molecule has 1 aliphatic heterocycles. The molecule has 2 N–H and O–H groups in total. The number of nitrogens with one attached hydrogen (secondary N) is 2. The smallest absolute Gasteiger partial charge is 0.329 e. The van der Waals surface area contributed by atoms with Crippen molar-refractivity contribution in [2.24, 2.45) is 0 Å². The molecular weight excluding hydrogens is 506 g/mol. The largest absolute Gasteiger partial charge is 0.493 e. The van der Waals surface area contributed by atoms with Gasteiger partial charge in [-0.15, -0.1) is 6.58 Å². The molecule has 1 heterocycles. The predicted octanol–water partition coefficient (Wildman–Crippen LogP) is 5.40. The zero-order chi connectivity index (χ0) is 28.6. The van der Waals surface area contributed by atoms with Crippen molar-refractivity contribution in [3.8, 4) is 11.5 Å². The SMILES string of the molecule is C=CCc1cc(/C=C2/NC(=O)N(CC(=O)Nc3ccccc3CC)C2=O)cc(OC)c1OCc1ccc(C)cc1. The van der Waals surface area contributed by atoms with Crippen LogP contribution in [-0.4, -0.2) is 36.4 Å². The van der Waals surface area contributed by atoms with Gasteiger partial charge in [-0.3, -0.25) is 9.59 Å². The molecule has 0 spiro atoms. The van der Waals surface area contributed by atoms with Gasteiger partial charge in [-0.1, -0.05) is 61.0 Å². The fraction of sp³-hybridized carbons (Fsp3) is 0.219. The number of ether oxygens (including phenoxy) is 2. The summed E-state index contributed by atoms with van der Waals surface area (Å²) in [5.41, 5.74) is 5.31. The molecule has 0 aliphatic carbocycles. The van der Waals surface area contributed by atoms with E-state index in [9.17, 15) is 14.4 Å². The van der Waals surface area contributed by atoms with Gasteiger partial charge in [0.2, 0.25) is 5.91 Å². The number of imide groups is 1. The minimum atomic E-state index is -0.661. The van der Waals surface area contributed by atoms with Gasteiger partial charge < -0.3 is 20.1 Å². The van der Waals surface area contributed by atoms with Crippen LogP contribution < -0.4 is 20.1 Å². The molecule has 40 heavy (non-hydrogen) atoms. The summed E-state index contributed by atoms with van der Waals surface area (Å²) in [5.74, 6) is 0.0157. The molecule has 206 valence electrons. The molecule has 0 unspecified atom stereocenters. The van der Waals surface area contributed by atoms with E-state index >= 15 is 0 Å². The number of rotatable bonds is 11. The number of carbonyl (C=O) groups excluding carboxylic acids is 3. The number of allylic oxidation sites excluding steroid dienone is 1. The van der Waals surface area contributed by atoms with Crippen LogP contribution in [0.1, 0.15) is 34.7 Å². The normalized spacial score (nSPS) is 13.8. The van der Waals surface area contributed by atoms with E-state index in [1.54, 1.807) is 31.4 Å². The van der Waals surface area contributed by atoms with Crippen LogP contribution in [0.15, 0.2) is 79.0 Å². The number of anilines is 1. The fourth-order valence-electron chi connectivity index (χ4n) is 4.40. The number of nitrogens with zero attached hydrogens (tertiary/aromatic N) is 1. The quantitative estimate of drug-likeness (QED) is 0.193. The third kappa shape index (κ3) is 6.58. The molecule has 4 rings (SSSR count). The molecule has 0 bridgehead atoms. The van der Waals surface area contributed by atoms with Crippen LogP contribution in [0.5, 0.6) is 11.5 Å². The first kappa shape index (κ1) is 28.2. The van der Waals surface area contributed by atoms with E-state index in [2.05, 4.69) is 17.2 Å². The summed E-state index contributed by atoms with van der Waals surface area (Å²) in [6.07, 6.45) is 4.55. The molecule has 0 atom stereocenters. The summed E-state index contributed by atoms with van der Waals surface area (Å²) in [7, 11) is 1.54. The topological polar surface area (TPSA) is 97.0 Å². The maximum atomic E-state index is 13.1. The Morgan fingerprint density at radius 2 is 1.82 bits per heavy atom. The second-order valence-corrected chi connectivity index (χ2v) is 9.42. The van der Waals surface area contributed by atoms with Crippen molar-refractivity contribution < 1.29 is 23.9 Å². The van der Waals surface area contributed by atoms with Crippen molar-refractivity contribution in [1.82, 2.24) is 10.2 Å². The second-order valence-electron chi connectivity index (χ2n) is 9.42. The highest BCUT2D eigenvalue weighted by Gasteiger charge is 2.35. The summed E-state index contributed by atoms with van der Waals surface area (Å²) in [6.45, 7) is 7.81. The van der Waals surface area contributed by atoms with Crippen molar-refractivity contribution in [1.29, 1.82) is 0 Å². The van der Waals surface area contributed by atoms with Crippen LogP contribution in [0.2, 0.25) is 0 Å². The zero-order valence-corrected chi connectivity index (χ0v) is 23.0. The number of amides is 4. The van der Waals surface area contributed by atoms with Gasteiger partial charge in [0.05, 0.1) is 7.11 Å². The van der Waals surface area contributed by atoms with Gasteiger partial charge in [0.25, 0.3) is 5.91 Å². The standard InChI is InChI=1S/C32H33N3O5/c1-5-9-25-16-23(18-28(39-4)30(25)40-20-22-14-12-21(3)13-15-22)17-27-31(37)35(32(38)34-27)19-29(36)33-26-11-8-7-10-24(26)6-2/h5,7-8,10-18H,1,6,9,19-20H2,2-4H3,(H,33,36)(H,34,38)/b27-17+. The lowest BCUT2D eigenvalue weighted by Crippen LogP contribution is -2.38. The van der Waals surface area contributed by atoms with Crippen molar-refractivity contribution >= 4 is 29.6 Å². The molecule has 8 nitrogen and oxygen atoms in total. The Labute approximate surface area is 234 Å². The Kier molecular flexibility index (Phi) is 9.01. The van der Waals surface area contributed by atoms with Gasteiger partial charge in [-0.05, 0) is 60.7 Å². The van der Waals surface area contributed by atoms with Crippen LogP contribution in [0, 0.1) is 6.92 Å². The number of benzene rings is 3. The summed E-state index contributed by atoms with van der Waals surface area (Å²) in [5, 5.41) is 5.37.